The quantitative estimate of drug-likeness (QED) is 0.683. The van der Waals surface area contributed by atoms with Gasteiger partial charge in [0.25, 0.3) is 0 Å². The van der Waals surface area contributed by atoms with E-state index in [0.29, 0.717) is 18.3 Å². The van der Waals surface area contributed by atoms with Crippen LogP contribution in [0.2, 0.25) is 0 Å². The molecule has 0 heterocycles. The highest BCUT2D eigenvalue weighted by Crippen LogP contribution is 2.62. The first-order valence-electron chi connectivity index (χ1n) is 11.0. The number of hydrogen-bond acceptors (Lipinski definition) is 2. The average Bonchev–Trinajstić information content (AvgIpc) is 2.67. The molecular formula is C23H32O3. The molecule has 3 heteroatoms. The van der Waals surface area contributed by atoms with E-state index < -0.39 is 11.4 Å². The lowest BCUT2D eigenvalue weighted by atomic mass is 9.45. The lowest BCUT2D eigenvalue weighted by Crippen LogP contribution is -2.57. The molecule has 3 nitrogen and oxygen atoms in total. The molecule has 0 aromatic rings. The molecule has 0 radical (unpaired) electrons. The van der Waals surface area contributed by atoms with Crippen molar-refractivity contribution in [2.75, 3.05) is 0 Å². The molecule has 4 fully saturated rings. The molecule has 0 aliphatic heterocycles. The number of hydrogen-bond donors (Lipinski definition) is 1. The van der Waals surface area contributed by atoms with Crippen molar-refractivity contribution in [2.45, 2.75) is 70.6 Å². The molecule has 8 unspecified atom stereocenters. The molecule has 0 amide bonds. The number of Topliss-reactive ketones (excluding diaryl/α,β-unsaturated/α-hetero) is 1. The summed E-state index contributed by atoms with van der Waals surface area (Å²) < 4.78 is 0. The van der Waals surface area contributed by atoms with Gasteiger partial charge < -0.3 is 5.11 Å². The minimum atomic E-state index is -0.731. The first-order valence-corrected chi connectivity index (χ1v) is 11.0. The Kier molecular flexibility index (Phi) is 4.06. The van der Waals surface area contributed by atoms with Crippen molar-refractivity contribution >= 4 is 11.8 Å². The third-order valence-electron chi connectivity index (χ3n) is 9.22. The summed E-state index contributed by atoms with van der Waals surface area (Å²) in [5.74, 6) is 3.53. The predicted octanol–water partition coefficient (Wildman–Crippen LogP) is 4.86. The maximum absolute atomic E-state index is 12.9. The van der Waals surface area contributed by atoms with Gasteiger partial charge in [-0.25, -0.2) is 0 Å². The Morgan fingerprint density at radius 1 is 0.962 bits per heavy atom. The van der Waals surface area contributed by atoms with Gasteiger partial charge in [-0.3, -0.25) is 9.59 Å². The van der Waals surface area contributed by atoms with E-state index >= 15 is 0 Å². The van der Waals surface area contributed by atoms with Crippen LogP contribution in [-0.2, 0) is 9.59 Å². The second kappa shape index (κ2) is 6.21. The molecular weight excluding hydrogens is 324 g/mol. The maximum Gasteiger partial charge on any atom is 0.310 e. The summed E-state index contributed by atoms with van der Waals surface area (Å²) in [6.45, 7) is 0. The number of carbonyl (C=O) groups is 2. The fourth-order valence-electron chi connectivity index (χ4n) is 8.24. The van der Waals surface area contributed by atoms with Gasteiger partial charge >= 0.3 is 5.97 Å². The molecule has 0 aromatic carbocycles. The van der Waals surface area contributed by atoms with E-state index in [1.54, 1.807) is 0 Å². The first kappa shape index (κ1) is 17.0. The summed E-state index contributed by atoms with van der Waals surface area (Å²) in [5.41, 5.74) is -0.731. The van der Waals surface area contributed by atoms with Crippen LogP contribution >= 0.6 is 0 Å². The van der Waals surface area contributed by atoms with Gasteiger partial charge in [-0.05, 0) is 99.7 Å². The molecule has 0 spiro atoms. The van der Waals surface area contributed by atoms with E-state index in [9.17, 15) is 14.7 Å². The number of ketones is 1. The number of carboxylic acid groups (broad SMARTS) is 1. The van der Waals surface area contributed by atoms with Crippen molar-refractivity contribution in [1.82, 2.24) is 0 Å². The van der Waals surface area contributed by atoms with Gasteiger partial charge in [-0.15, -0.1) is 0 Å². The number of carbonyl (C=O) groups excluding carboxylic acids is 1. The third-order valence-corrected chi connectivity index (χ3v) is 9.22. The number of allylic oxidation sites excluding steroid dienone is 2. The van der Waals surface area contributed by atoms with E-state index in [-0.39, 0.29) is 11.7 Å². The van der Waals surface area contributed by atoms with Crippen molar-refractivity contribution in [2.24, 2.45) is 46.8 Å². The molecule has 5 aliphatic carbocycles. The molecule has 26 heavy (non-hydrogen) atoms. The van der Waals surface area contributed by atoms with E-state index in [1.165, 1.54) is 32.1 Å². The topological polar surface area (TPSA) is 54.4 Å². The minimum Gasteiger partial charge on any atom is -0.481 e. The van der Waals surface area contributed by atoms with E-state index in [2.05, 4.69) is 12.2 Å². The average molecular weight is 357 g/mol. The van der Waals surface area contributed by atoms with Crippen molar-refractivity contribution < 1.29 is 14.7 Å². The van der Waals surface area contributed by atoms with Gasteiger partial charge in [0.2, 0.25) is 0 Å². The molecule has 5 aliphatic rings. The Hall–Kier alpha value is -1.12. The normalized spacial score (nSPS) is 50.2. The van der Waals surface area contributed by atoms with Crippen LogP contribution in [0.25, 0.3) is 0 Å². The van der Waals surface area contributed by atoms with Gasteiger partial charge in [0.1, 0.15) is 5.78 Å². The third kappa shape index (κ3) is 2.31. The van der Waals surface area contributed by atoms with E-state index in [1.807, 2.05) is 0 Å². The summed E-state index contributed by atoms with van der Waals surface area (Å²) >= 11 is 0. The van der Waals surface area contributed by atoms with Crippen LogP contribution in [0.4, 0.5) is 0 Å². The number of carboxylic acids is 1. The highest BCUT2D eigenvalue weighted by Gasteiger charge is 2.61. The SMILES string of the molecule is O=C1CCCC2(C(=O)O)CCC3C4CCC5CCC=CC5C4CCC3C12. The number of rotatable bonds is 1. The fourth-order valence-corrected chi connectivity index (χ4v) is 8.24. The lowest BCUT2D eigenvalue weighted by molar-refractivity contribution is -0.174. The molecule has 0 bridgehead atoms. The van der Waals surface area contributed by atoms with Crippen LogP contribution in [-0.4, -0.2) is 16.9 Å². The Morgan fingerprint density at radius 2 is 1.73 bits per heavy atom. The molecule has 0 saturated heterocycles. The largest absolute Gasteiger partial charge is 0.481 e. The molecule has 8 atom stereocenters. The zero-order valence-electron chi connectivity index (χ0n) is 15.7. The molecule has 1 N–H and O–H groups in total. The summed E-state index contributed by atoms with van der Waals surface area (Å²) in [6.07, 6.45) is 16.4. The lowest BCUT2D eigenvalue weighted by Gasteiger charge is -2.58. The molecule has 5 rings (SSSR count). The highest BCUT2D eigenvalue weighted by molar-refractivity contribution is 5.90. The van der Waals surface area contributed by atoms with Crippen molar-refractivity contribution in [3.63, 3.8) is 0 Å². The standard InChI is InChI=1S/C23H32O3/c24-20-6-3-12-23(22(25)26)13-11-18-17-8-7-14-4-1-2-5-15(14)16(17)9-10-19(18)21(20)23/h2,5,14-19,21H,1,3-4,6-13H2,(H,25,26). The summed E-state index contributed by atoms with van der Waals surface area (Å²) in [6, 6.07) is 0. The Bertz CT molecular complexity index is 637. The van der Waals surface area contributed by atoms with Crippen molar-refractivity contribution in [3.05, 3.63) is 12.2 Å². The second-order valence-electron chi connectivity index (χ2n) is 9.95. The van der Waals surface area contributed by atoms with Crippen LogP contribution in [0.1, 0.15) is 70.6 Å². The van der Waals surface area contributed by atoms with Crippen LogP contribution < -0.4 is 0 Å². The summed E-state index contributed by atoms with van der Waals surface area (Å²) in [4.78, 5) is 25.1. The van der Waals surface area contributed by atoms with Crippen molar-refractivity contribution in [1.29, 1.82) is 0 Å². The van der Waals surface area contributed by atoms with Crippen molar-refractivity contribution in [3.8, 4) is 0 Å². The Morgan fingerprint density at radius 3 is 2.58 bits per heavy atom. The monoisotopic (exact) mass is 356 g/mol. The predicted molar refractivity (Wildman–Crippen MR) is 99.4 cm³/mol. The van der Waals surface area contributed by atoms with Crippen LogP contribution in [0, 0.1) is 46.8 Å². The van der Waals surface area contributed by atoms with Gasteiger partial charge in [0.05, 0.1) is 5.41 Å². The smallest absolute Gasteiger partial charge is 0.310 e. The zero-order chi connectivity index (χ0) is 17.9. The van der Waals surface area contributed by atoms with Gasteiger partial charge in [-0.1, -0.05) is 12.2 Å². The molecule has 4 saturated carbocycles. The van der Waals surface area contributed by atoms with E-state index in [4.69, 9.17) is 0 Å². The molecule has 0 aromatic heterocycles. The minimum absolute atomic E-state index is 0.187. The number of aliphatic carboxylic acids is 1. The Labute approximate surface area is 156 Å². The Balaban J connectivity index is 1.45. The highest BCUT2D eigenvalue weighted by atomic mass is 16.4. The zero-order valence-corrected chi connectivity index (χ0v) is 15.7. The first-order chi connectivity index (χ1) is 12.6. The van der Waals surface area contributed by atoms with Crippen LogP contribution in [0.15, 0.2) is 12.2 Å². The van der Waals surface area contributed by atoms with Gasteiger partial charge in [-0.2, -0.15) is 0 Å². The maximum atomic E-state index is 12.9. The van der Waals surface area contributed by atoms with Crippen LogP contribution in [0.3, 0.4) is 0 Å². The number of fused-ring (bicyclic) bond motifs is 7. The van der Waals surface area contributed by atoms with E-state index in [0.717, 1.165) is 55.8 Å². The van der Waals surface area contributed by atoms with Gasteiger partial charge in [0.15, 0.2) is 0 Å². The summed E-state index contributed by atoms with van der Waals surface area (Å²) in [7, 11) is 0. The molecule has 142 valence electrons. The fraction of sp³-hybridized carbons (Fsp3) is 0.826. The van der Waals surface area contributed by atoms with Gasteiger partial charge in [0, 0.05) is 12.3 Å². The summed E-state index contributed by atoms with van der Waals surface area (Å²) in [5, 5.41) is 10.1. The van der Waals surface area contributed by atoms with Crippen LogP contribution in [0.5, 0.6) is 0 Å². The second-order valence-corrected chi connectivity index (χ2v) is 9.95.